The van der Waals surface area contributed by atoms with E-state index in [0.29, 0.717) is 0 Å². The van der Waals surface area contributed by atoms with Crippen LogP contribution in [0.3, 0.4) is 0 Å². The van der Waals surface area contributed by atoms with E-state index < -0.39 is 5.41 Å². The number of para-hydroxylation sites is 1. The van der Waals surface area contributed by atoms with Crippen molar-refractivity contribution in [2.75, 3.05) is 4.90 Å². The van der Waals surface area contributed by atoms with Gasteiger partial charge in [0.1, 0.15) is 0 Å². The normalized spacial score (nSPS) is 14.1. The second kappa shape index (κ2) is 17.5. The average Bonchev–Trinajstić information content (AvgIpc) is 3.84. The lowest BCUT2D eigenvalue weighted by Crippen LogP contribution is -2.29. The zero-order chi connectivity index (χ0) is 49.4. The minimum absolute atomic E-state index is 0.0670. The molecular formula is C73H55N. The summed E-state index contributed by atoms with van der Waals surface area (Å²) < 4.78 is 0. The molecule has 352 valence electrons. The van der Waals surface area contributed by atoms with Gasteiger partial charge in [0.15, 0.2) is 0 Å². The third-order valence-electron chi connectivity index (χ3n) is 16.8. The van der Waals surface area contributed by atoms with Crippen LogP contribution in [0.5, 0.6) is 0 Å². The predicted molar refractivity (Wildman–Crippen MR) is 309 cm³/mol. The maximum Gasteiger partial charge on any atom is 0.0726 e. The summed E-state index contributed by atoms with van der Waals surface area (Å²) in [7, 11) is 0. The molecule has 1 atom stereocenters. The molecule has 0 aromatic heterocycles. The fraction of sp³-hybridized carbons (Fsp3) is 0.0959. The van der Waals surface area contributed by atoms with Crippen LogP contribution in [0.15, 0.2) is 267 Å². The van der Waals surface area contributed by atoms with Gasteiger partial charge in [0.2, 0.25) is 0 Å². The number of hydrogen-bond acceptors (Lipinski definition) is 1. The van der Waals surface area contributed by atoms with Gasteiger partial charge in [-0.1, -0.05) is 244 Å². The quantitative estimate of drug-likeness (QED) is 0.139. The SMILES string of the molecule is CC1(C)c2ccccc2-c2ccc(C(CCc3ccc4c(c3)C3(c5ccccc5-c5ccccc5-c5ccccc53)c3cc(N(c5ccccc5)c5ccc(-c6ccccc6)cc5)ccc3-4)c3ccccc3)cc21. The first kappa shape index (κ1) is 44.0. The fourth-order valence-corrected chi connectivity index (χ4v) is 13.3. The number of nitrogens with zero attached hydrogens (tertiary/aromatic N) is 1. The van der Waals surface area contributed by atoms with Gasteiger partial charge in [-0.05, 0) is 155 Å². The Kier molecular flexibility index (Phi) is 10.4. The van der Waals surface area contributed by atoms with Crippen LogP contribution in [0.4, 0.5) is 17.1 Å². The molecule has 0 radical (unpaired) electrons. The summed E-state index contributed by atoms with van der Waals surface area (Å²) in [5.41, 5.74) is 27.7. The minimum Gasteiger partial charge on any atom is -0.310 e. The predicted octanol–water partition coefficient (Wildman–Crippen LogP) is 18.9. The van der Waals surface area contributed by atoms with Gasteiger partial charge in [-0.15, -0.1) is 0 Å². The molecule has 0 aliphatic heterocycles. The van der Waals surface area contributed by atoms with Crippen molar-refractivity contribution in [1.82, 2.24) is 0 Å². The number of hydrogen-bond donors (Lipinski definition) is 0. The van der Waals surface area contributed by atoms with Gasteiger partial charge in [-0.25, -0.2) is 0 Å². The van der Waals surface area contributed by atoms with E-state index in [9.17, 15) is 0 Å². The van der Waals surface area contributed by atoms with Crippen LogP contribution >= 0.6 is 0 Å². The highest BCUT2D eigenvalue weighted by Gasteiger charge is 2.50. The molecule has 0 heterocycles. The molecule has 11 aromatic rings. The zero-order valence-electron chi connectivity index (χ0n) is 41.8. The van der Waals surface area contributed by atoms with E-state index in [4.69, 9.17) is 0 Å². The third kappa shape index (κ3) is 6.84. The molecule has 1 spiro atoms. The fourth-order valence-electron chi connectivity index (χ4n) is 13.3. The highest BCUT2D eigenvalue weighted by Crippen LogP contribution is 2.62. The average molecular weight is 946 g/mol. The standard InChI is InChI=1S/C73H55N/c1-72(2)66-31-17-14-30-62(66)63-44-38-53(47-69(63)72)57(52-22-8-4-9-23-52)42-34-49-35-43-64-65-45-41-56(74(54-24-10-5-11-25-54)55-39-36-51(37-40-55)50-20-6-3-7-21-50)48-71(65)73(70(64)46-49)67-32-18-15-28-60(67)58-26-12-13-27-59(58)61-29-16-19-33-68(61)73/h3-33,35-41,43-48,57H,34,42H2,1-2H3. The van der Waals surface area contributed by atoms with Crippen molar-refractivity contribution in [3.63, 3.8) is 0 Å². The van der Waals surface area contributed by atoms with E-state index in [2.05, 4.69) is 286 Å². The molecule has 1 nitrogen and oxygen atoms in total. The van der Waals surface area contributed by atoms with Crippen LogP contribution in [0.2, 0.25) is 0 Å². The maximum atomic E-state index is 2.60. The molecule has 0 N–H and O–H groups in total. The third-order valence-corrected chi connectivity index (χ3v) is 16.8. The molecule has 11 aromatic carbocycles. The van der Waals surface area contributed by atoms with Crippen molar-refractivity contribution < 1.29 is 0 Å². The van der Waals surface area contributed by atoms with E-state index in [1.54, 1.807) is 0 Å². The van der Waals surface area contributed by atoms with Crippen molar-refractivity contribution in [3.8, 4) is 55.6 Å². The van der Waals surface area contributed by atoms with Gasteiger partial charge in [-0.3, -0.25) is 0 Å². The summed E-state index contributed by atoms with van der Waals surface area (Å²) in [4.78, 5) is 2.43. The van der Waals surface area contributed by atoms with E-state index in [1.807, 2.05) is 0 Å². The first-order valence-corrected chi connectivity index (χ1v) is 26.3. The summed E-state index contributed by atoms with van der Waals surface area (Å²) in [5, 5.41) is 0. The van der Waals surface area contributed by atoms with Gasteiger partial charge in [0, 0.05) is 28.4 Å². The van der Waals surface area contributed by atoms with Crippen LogP contribution in [0.1, 0.15) is 76.3 Å². The van der Waals surface area contributed by atoms with Crippen molar-refractivity contribution >= 4 is 17.1 Å². The van der Waals surface area contributed by atoms with Crippen LogP contribution in [0, 0.1) is 0 Å². The first-order chi connectivity index (χ1) is 36.5. The van der Waals surface area contributed by atoms with E-state index in [1.165, 1.54) is 106 Å². The van der Waals surface area contributed by atoms with Crippen molar-refractivity contribution in [2.45, 2.75) is 43.4 Å². The molecule has 0 amide bonds. The highest BCUT2D eigenvalue weighted by atomic mass is 15.1. The molecule has 3 aliphatic rings. The lowest BCUT2D eigenvalue weighted by molar-refractivity contribution is 0.654. The molecule has 3 aliphatic carbocycles. The zero-order valence-corrected chi connectivity index (χ0v) is 41.8. The second-order valence-electron chi connectivity index (χ2n) is 21.1. The van der Waals surface area contributed by atoms with Crippen LogP contribution < -0.4 is 4.90 Å². The Hall–Kier alpha value is -8.78. The number of aryl methyl sites for hydroxylation is 1. The smallest absolute Gasteiger partial charge is 0.0726 e. The number of benzene rings is 11. The molecule has 74 heavy (non-hydrogen) atoms. The number of rotatable bonds is 9. The van der Waals surface area contributed by atoms with Crippen LogP contribution in [-0.4, -0.2) is 0 Å². The molecule has 14 rings (SSSR count). The summed E-state index contributed by atoms with van der Waals surface area (Å²) in [6.45, 7) is 4.79. The molecule has 0 fully saturated rings. The Balaban J connectivity index is 0.942. The second-order valence-corrected chi connectivity index (χ2v) is 21.1. The van der Waals surface area contributed by atoms with Crippen LogP contribution in [0.25, 0.3) is 55.6 Å². The van der Waals surface area contributed by atoms with E-state index >= 15 is 0 Å². The van der Waals surface area contributed by atoms with Gasteiger partial charge in [-0.2, -0.15) is 0 Å². The Labute approximate surface area is 435 Å². The van der Waals surface area contributed by atoms with Crippen molar-refractivity contribution in [1.29, 1.82) is 0 Å². The van der Waals surface area contributed by atoms with Gasteiger partial charge >= 0.3 is 0 Å². The van der Waals surface area contributed by atoms with Crippen molar-refractivity contribution in [2.24, 2.45) is 0 Å². The van der Waals surface area contributed by atoms with E-state index in [0.717, 1.165) is 29.9 Å². The molecular weight excluding hydrogens is 891 g/mol. The lowest BCUT2D eigenvalue weighted by Gasteiger charge is -2.36. The number of fused-ring (bicyclic) bond motifs is 15. The minimum atomic E-state index is -0.637. The Morgan fingerprint density at radius 1 is 0.311 bits per heavy atom. The maximum absolute atomic E-state index is 2.60. The first-order valence-electron chi connectivity index (χ1n) is 26.3. The van der Waals surface area contributed by atoms with Gasteiger partial charge in [0.05, 0.1) is 5.41 Å². The van der Waals surface area contributed by atoms with Crippen LogP contribution in [-0.2, 0) is 17.3 Å². The molecule has 0 bridgehead atoms. The number of anilines is 3. The van der Waals surface area contributed by atoms with Crippen molar-refractivity contribution in [3.05, 3.63) is 317 Å². The van der Waals surface area contributed by atoms with E-state index in [-0.39, 0.29) is 11.3 Å². The summed E-state index contributed by atoms with van der Waals surface area (Å²) >= 11 is 0. The molecule has 0 saturated heterocycles. The largest absolute Gasteiger partial charge is 0.310 e. The molecule has 1 heteroatoms. The summed E-state index contributed by atoms with van der Waals surface area (Å²) in [5.74, 6) is 0.225. The highest BCUT2D eigenvalue weighted by molar-refractivity contribution is 5.98. The Bertz CT molecular complexity index is 3860. The Morgan fingerprint density at radius 3 is 1.41 bits per heavy atom. The van der Waals surface area contributed by atoms with Gasteiger partial charge in [0.25, 0.3) is 0 Å². The van der Waals surface area contributed by atoms with Gasteiger partial charge < -0.3 is 4.90 Å². The lowest BCUT2D eigenvalue weighted by atomic mass is 9.65. The Morgan fingerprint density at radius 2 is 0.757 bits per heavy atom. The summed E-state index contributed by atoms with van der Waals surface area (Å²) in [6, 6.07) is 100. The molecule has 0 saturated carbocycles. The molecule has 1 unspecified atom stereocenters. The summed E-state index contributed by atoms with van der Waals surface area (Å²) in [6.07, 6.45) is 1.91. The monoisotopic (exact) mass is 945 g/mol. The topological polar surface area (TPSA) is 3.24 Å².